The van der Waals surface area contributed by atoms with Crippen molar-refractivity contribution < 1.29 is 4.79 Å². The SMILES string of the molecule is CN(CC1CC(c2cccs2)NN1)C(=O)Cn1ccnc1-c1ccccc1. The van der Waals surface area contributed by atoms with Crippen LogP contribution in [0.4, 0.5) is 0 Å². The molecule has 0 aliphatic carbocycles. The molecule has 1 saturated heterocycles. The number of nitrogens with zero attached hydrogens (tertiary/aromatic N) is 3. The average Bonchev–Trinajstić information content (AvgIpc) is 3.44. The molecule has 0 radical (unpaired) electrons. The summed E-state index contributed by atoms with van der Waals surface area (Å²) in [6, 6.07) is 14.7. The number of amides is 1. The molecule has 3 aromatic rings. The van der Waals surface area contributed by atoms with Crippen LogP contribution in [0.1, 0.15) is 17.3 Å². The minimum Gasteiger partial charge on any atom is -0.343 e. The lowest BCUT2D eigenvalue weighted by atomic mass is 10.1. The van der Waals surface area contributed by atoms with Gasteiger partial charge in [0, 0.05) is 42.5 Å². The highest BCUT2D eigenvalue weighted by molar-refractivity contribution is 7.10. The van der Waals surface area contributed by atoms with Gasteiger partial charge in [0.2, 0.25) is 5.91 Å². The number of likely N-dealkylation sites (N-methyl/N-ethyl adjacent to an activating group) is 1. The van der Waals surface area contributed by atoms with Gasteiger partial charge in [0.05, 0.1) is 6.04 Å². The molecule has 1 aliphatic rings. The predicted molar refractivity (Wildman–Crippen MR) is 107 cm³/mol. The van der Waals surface area contributed by atoms with Crippen molar-refractivity contribution in [3.8, 4) is 11.4 Å². The molecule has 4 rings (SSSR count). The summed E-state index contributed by atoms with van der Waals surface area (Å²) in [6.07, 6.45) is 4.57. The molecule has 2 atom stereocenters. The van der Waals surface area contributed by atoms with Crippen LogP contribution in [0.15, 0.2) is 60.2 Å². The van der Waals surface area contributed by atoms with Gasteiger partial charge in [0.25, 0.3) is 0 Å². The van der Waals surface area contributed by atoms with Crippen molar-refractivity contribution in [3.63, 3.8) is 0 Å². The van der Waals surface area contributed by atoms with E-state index in [9.17, 15) is 4.79 Å². The molecule has 1 aliphatic heterocycles. The van der Waals surface area contributed by atoms with Crippen LogP contribution in [-0.4, -0.2) is 40.0 Å². The van der Waals surface area contributed by atoms with Gasteiger partial charge in [-0.3, -0.25) is 10.2 Å². The molecule has 2 aromatic heterocycles. The third kappa shape index (κ3) is 4.10. The number of thiophene rings is 1. The zero-order chi connectivity index (χ0) is 18.6. The molecule has 1 amide bonds. The van der Waals surface area contributed by atoms with Crippen molar-refractivity contribution >= 4 is 17.2 Å². The normalized spacial score (nSPS) is 19.3. The summed E-state index contributed by atoms with van der Waals surface area (Å²) in [5, 5.41) is 2.09. The van der Waals surface area contributed by atoms with E-state index in [4.69, 9.17) is 0 Å². The van der Waals surface area contributed by atoms with Gasteiger partial charge in [-0.1, -0.05) is 36.4 Å². The highest BCUT2D eigenvalue weighted by Crippen LogP contribution is 2.26. The fourth-order valence-corrected chi connectivity index (χ4v) is 4.19. The Kier molecular flexibility index (Phi) is 5.33. The first-order chi connectivity index (χ1) is 13.2. The molecule has 6 nitrogen and oxygen atoms in total. The maximum absolute atomic E-state index is 12.7. The second kappa shape index (κ2) is 8.04. The molecule has 2 N–H and O–H groups in total. The Balaban J connectivity index is 1.35. The highest BCUT2D eigenvalue weighted by Gasteiger charge is 2.27. The van der Waals surface area contributed by atoms with Crippen LogP contribution in [0.5, 0.6) is 0 Å². The number of imidazole rings is 1. The van der Waals surface area contributed by atoms with Gasteiger partial charge in [-0.05, 0) is 17.9 Å². The number of hydrazine groups is 1. The zero-order valence-electron chi connectivity index (χ0n) is 15.2. The fourth-order valence-electron chi connectivity index (χ4n) is 3.40. The smallest absolute Gasteiger partial charge is 0.242 e. The lowest BCUT2D eigenvalue weighted by molar-refractivity contribution is -0.130. The van der Waals surface area contributed by atoms with Crippen LogP contribution in [0, 0.1) is 0 Å². The number of rotatable bonds is 6. The highest BCUT2D eigenvalue weighted by atomic mass is 32.1. The number of benzene rings is 1. The summed E-state index contributed by atoms with van der Waals surface area (Å²) in [5.41, 5.74) is 7.67. The molecule has 140 valence electrons. The number of carbonyl (C=O) groups is 1. The summed E-state index contributed by atoms with van der Waals surface area (Å²) < 4.78 is 1.91. The van der Waals surface area contributed by atoms with Crippen LogP contribution >= 0.6 is 11.3 Å². The maximum Gasteiger partial charge on any atom is 0.242 e. The molecular formula is C20H23N5OS. The molecule has 0 saturated carbocycles. The number of hydrogen-bond acceptors (Lipinski definition) is 5. The number of carbonyl (C=O) groups excluding carboxylic acids is 1. The lowest BCUT2D eigenvalue weighted by Gasteiger charge is -2.21. The average molecular weight is 382 g/mol. The summed E-state index contributed by atoms with van der Waals surface area (Å²) >= 11 is 1.76. The molecule has 0 bridgehead atoms. The number of aromatic nitrogens is 2. The van der Waals surface area contributed by atoms with Gasteiger partial charge in [-0.15, -0.1) is 11.3 Å². The van der Waals surface area contributed by atoms with Crippen molar-refractivity contribution in [3.05, 3.63) is 65.1 Å². The molecular weight excluding hydrogens is 358 g/mol. The van der Waals surface area contributed by atoms with Gasteiger partial charge in [-0.25, -0.2) is 10.4 Å². The summed E-state index contributed by atoms with van der Waals surface area (Å²) in [7, 11) is 1.86. The molecule has 27 heavy (non-hydrogen) atoms. The zero-order valence-corrected chi connectivity index (χ0v) is 16.0. The molecule has 7 heteroatoms. The van der Waals surface area contributed by atoms with Gasteiger partial charge < -0.3 is 9.47 Å². The second-order valence-electron chi connectivity index (χ2n) is 6.81. The number of nitrogens with one attached hydrogen (secondary N) is 2. The van der Waals surface area contributed by atoms with E-state index in [-0.39, 0.29) is 18.5 Å². The van der Waals surface area contributed by atoms with Crippen molar-refractivity contribution in [1.29, 1.82) is 0 Å². The summed E-state index contributed by atoms with van der Waals surface area (Å²) in [4.78, 5) is 20.3. The minimum atomic E-state index is 0.0755. The van der Waals surface area contributed by atoms with Gasteiger partial charge >= 0.3 is 0 Å². The van der Waals surface area contributed by atoms with Gasteiger partial charge in [0.15, 0.2) is 0 Å². The standard InChI is InChI=1S/C20H23N5OS/c1-24(13-16-12-17(23-22-16)18-8-5-11-27-18)19(26)14-25-10-9-21-20(25)15-6-3-2-4-7-15/h2-11,16-17,22-23H,12-14H2,1H3. The topological polar surface area (TPSA) is 62.2 Å². The van der Waals surface area contributed by atoms with E-state index in [1.54, 1.807) is 22.4 Å². The molecule has 3 heterocycles. The lowest BCUT2D eigenvalue weighted by Crippen LogP contribution is -2.42. The van der Waals surface area contributed by atoms with Gasteiger partial charge in [0.1, 0.15) is 12.4 Å². The first-order valence-corrected chi connectivity index (χ1v) is 9.93. The molecule has 1 fully saturated rings. The van der Waals surface area contributed by atoms with Crippen LogP contribution < -0.4 is 10.9 Å². The van der Waals surface area contributed by atoms with Crippen LogP contribution in [-0.2, 0) is 11.3 Å². The van der Waals surface area contributed by atoms with E-state index in [2.05, 4.69) is 33.3 Å². The Morgan fingerprint density at radius 1 is 1.26 bits per heavy atom. The third-order valence-electron chi connectivity index (χ3n) is 4.84. The van der Waals surface area contributed by atoms with Crippen LogP contribution in [0.3, 0.4) is 0 Å². The van der Waals surface area contributed by atoms with E-state index in [0.717, 1.165) is 17.8 Å². The van der Waals surface area contributed by atoms with Crippen molar-refractivity contribution in [1.82, 2.24) is 25.3 Å². The van der Waals surface area contributed by atoms with E-state index in [0.29, 0.717) is 12.6 Å². The largest absolute Gasteiger partial charge is 0.343 e. The summed E-state index contributed by atoms with van der Waals surface area (Å²) in [6.45, 7) is 0.957. The third-order valence-corrected chi connectivity index (χ3v) is 5.83. The van der Waals surface area contributed by atoms with E-state index >= 15 is 0 Å². The maximum atomic E-state index is 12.7. The van der Waals surface area contributed by atoms with Crippen LogP contribution in [0.25, 0.3) is 11.4 Å². The second-order valence-corrected chi connectivity index (χ2v) is 7.79. The van der Waals surface area contributed by atoms with Crippen LogP contribution in [0.2, 0.25) is 0 Å². The van der Waals surface area contributed by atoms with Crippen molar-refractivity contribution in [2.45, 2.75) is 25.0 Å². The Labute approximate surface area is 162 Å². The Hall–Kier alpha value is -2.48. The Bertz CT molecular complexity index is 877. The van der Waals surface area contributed by atoms with Crippen molar-refractivity contribution in [2.75, 3.05) is 13.6 Å². The summed E-state index contributed by atoms with van der Waals surface area (Å²) in [5.74, 6) is 0.891. The molecule has 0 spiro atoms. The van der Waals surface area contributed by atoms with Crippen molar-refractivity contribution in [2.24, 2.45) is 0 Å². The number of hydrogen-bond donors (Lipinski definition) is 2. The van der Waals surface area contributed by atoms with E-state index in [1.165, 1.54) is 4.88 Å². The predicted octanol–water partition coefficient (Wildman–Crippen LogP) is 2.68. The van der Waals surface area contributed by atoms with Gasteiger partial charge in [-0.2, -0.15) is 0 Å². The minimum absolute atomic E-state index is 0.0755. The fraction of sp³-hybridized carbons (Fsp3) is 0.300. The Morgan fingerprint density at radius 2 is 2.11 bits per heavy atom. The van der Waals surface area contributed by atoms with E-state index in [1.807, 2.05) is 48.1 Å². The first kappa shape index (κ1) is 17.9. The van der Waals surface area contributed by atoms with E-state index < -0.39 is 0 Å². The molecule has 1 aromatic carbocycles. The quantitative estimate of drug-likeness (QED) is 0.689. The Morgan fingerprint density at radius 3 is 2.89 bits per heavy atom. The first-order valence-electron chi connectivity index (χ1n) is 9.05. The monoisotopic (exact) mass is 381 g/mol. The molecule has 2 unspecified atom stereocenters.